The molecule has 0 saturated carbocycles. The van der Waals surface area contributed by atoms with Gasteiger partial charge in [-0.25, -0.2) is 0 Å². The van der Waals surface area contributed by atoms with Gasteiger partial charge < -0.3 is 10.6 Å². The van der Waals surface area contributed by atoms with Crippen LogP contribution in [0.2, 0.25) is 0 Å². The Morgan fingerprint density at radius 1 is 1.35 bits per heavy atom. The topological polar surface area (TPSA) is 41.1 Å². The van der Waals surface area contributed by atoms with E-state index in [9.17, 15) is 4.79 Å². The summed E-state index contributed by atoms with van der Waals surface area (Å²) >= 11 is 0. The average Bonchev–Trinajstić information content (AvgIpc) is 2.55. The quantitative estimate of drug-likeness (QED) is 0.742. The number of hydrogen-bond acceptors (Lipinski definition) is 2. The maximum Gasteiger partial charge on any atom is 0.236 e. The molecular weight excluding hydrogens is 236 g/mol. The molecule has 2 aliphatic rings. The molecule has 1 fully saturated rings. The van der Waals surface area contributed by atoms with E-state index in [1.807, 2.05) is 12.1 Å². The number of aryl methyl sites for hydroxylation is 1. The fourth-order valence-electron chi connectivity index (χ4n) is 3.08. The fourth-order valence-corrected chi connectivity index (χ4v) is 3.08. The molecule has 1 atom stereocenters. The molecule has 1 aromatic carbocycles. The molecule has 3 rings (SSSR count). The zero-order chi connectivity index (χ0) is 11.2. The summed E-state index contributed by atoms with van der Waals surface area (Å²) in [5, 5.41) is 6.38. The van der Waals surface area contributed by atoms with Gasteiger partial charge >= 0.3 is 0 Å². The monoisotopic (exact) mass is 252 g/mol. The normalized spacial score (nSPS) is 26.3. The zero-order valence-corrected chi connectivity index (χ0v) is 10.7. The Bertz CT molecular complexity index is 453. The third-order valence-electron chi connectivity index (χ3n) is 3.82. The van der Waals surface area contributed by atoms with Gasteiger partial charge in [0.1, 0.15) is 0 Å². The molecule has 2 aliphatic heterocycles. The number of amides is 1. The summed E-state index contributed by atoms with van der Waals surface area (Å²) in [6, 6.07) is 6.10. The summed E-state index contributed by atoms with van der Waals surface area (Å²) in [6.45, 7) is 3.89. The molecule has 0 bridgehead atoms. The van der Waals surface area contributed by atoms with E-state index in [2.05, 4.69) is 23.6 Å². The highest BCUT2D eigenvalue weighted by Gasteiger charge is 2.47. The first-order valence-corrected chi connectivity index (χ1v) is 5.86. The van der Waals surface area contributed by atoms with Crippen LogP contribution in [0.3, 0.4) is 0 Å². The summed E-state index contributed by atoms with van der Waals surface area (Å²) in [7, 11) is 0. The number of carbonyl (C=O) groups excluding carboxylic acids is 1. The van der Waals surface area contributed by atoms with Crippen molar-refractivity contribution >= 4 is 24.0 Å². The SMILES string of the molecule is Cc1cccc2c1C1(CCCNC1)C(=O)N2.Cl. The van der Waals surface area contributed by atoms with Crippen molar-refractivity contribution in [2.24, 2.45) is 0 Å². The van der Waals surface area contributed by atoms with Crippen molar-refractivity contribution in [3.05, 3.63) is 29.3 Å². The van der Waals surface area contributed by atoms with Crippen molar-refractivity contribution in [2.45, 2.75) is 25.2 Å². The summed E-state index contributed by atoms with van der Waals surface area (Å²) in [5.41, 5.74) is 3.14. The first-order chi connectivity index (χ1) is 7.74. The third kappa shape index (κ3) is 1.65. The molecule has 0 aliphatic carbocycles. The molecule has 1 unspecified atom stereocenters. The Kier molecular flexibility index (Phi) is 3.15. The summed E-state index contributed by atoms with van der Waals surface area (Å²) in [5.74, 6) is 0.170. The minimum Gasteiger partial charge on any atom is -0.325 e. The van der Waals surface area contributed by atoms with Gasteiger partial charge in [-0.05, 0) is 43.5 Å². The molecule has 0 radical (unpaired) electrons. The van der Waals surface area contributed by atoms with Crippen molar-refractivity contribution in [3.8, 4) is 0 Å². The zero-order valence-electron chi connectivity index (χ0n) is 9.88. The highest BCUT2D eigenvalue weighted by atomic mass is 35.5. The Morgan fingerprint density at radius 3 is 2.88 bits per heavy atom. The number of hydrogen-bond donors (Lipinski definition) is 2. The second kappa shape index (κ2) is 4.31. The Labute approximate surface area is 107 Å². The van der Waals surface area contributed by atoms with Crippen LogP contribution >= 0.6 is 12.4 Å². The van der Waals surface area contributed by atoms with E-state index in [4.69, 9.17) is 0 Å². The van der Waals surface area contributed by atoms with Gasteiger partial charge in [-0.2, -0.15) is 0 Å². The second-order valence-electron chi connectivity index (χ2n) is 4.81. The van der Waals surface area contributed by atoms with E-state index in [-0.39, 0.29) is 23.7 Å². The van der Waals surface area contributed by atoms with Gasteiger partial charge in [-0.1, -0.05) is 12.1 Å². The minimum atomic E-state index is -0.307. The summed E-state index contributed by atoms with van der Waals surface area (Å²) < 4.78 is 0. The lowest BCUT2D eigenvalue weighted by atomic mass is 9.74. The van der Waals surface area contributed by atoms with Gasteiger partial charge in [0.2, 0.25) is 5.91 Å². The molecule has 3 nitrogen and oxygen atoms in total. The van der Waals surface area contributed by atoms with Crippen LogP contribution in [0.25, 0.3) is 0 Å². The van der Waals surface area contributed by atoms with Crippen LogP contribution in [0.4, 0.5) is 5.69 Å². The Hall–Kier alpha value is -1.06. The van der Waals surface area contributed by atoms with Crippen LogP contribution in [0.15, 0.2) is 18.2 Å². The molecule has 1 saturated heterocycles. The molecule has 1 aromatic rings. The molecule has 17 heavy (non-hydrogen) atoms. The maximum absolute atomic E-state index is 12.2. The smallest absolute Gasteiger partial charge is 0.236 e. The highest BCUT2D eigenvalue weighted by molar-refractivity contribution is 6.07. The van der Waals surface area contributed by atoms with Crippen molar-refractivity contribution in [2.75, 3.05) is 18.4 Å². The highest BCUT2D eigenvalue weighted by Crippen LogP contribution is 2.43. The molecule has 1 amide bonds. The summed E-state index contributed by atoms with van der Waals surface area (Å²) in [6.07, 6.45) is 2.03. The van der Waals surface area contributed by atoms with Crippen molar-refractivity contribution in [1.29, 1.82) is 0 Å². The molecule has 92 valence electrons. The van der Waals surface area contributed by atoms with Crippen molar-refractivity contribution < 1.29 is 4.79 Å². The van der Waals surface area contributed by atoms with Gasteiger partial charge in [0, 0.05) is 12.2 Å². The lowest BCUT2D eigenvalue weighted by Crippen LogP contribution is -2.48. The van der Waals surface area contributed by atoms with Crippen LogP contribution in [0, 0.1) is 6.92 Å². The average molecular weight is 253 g/mol. The first kappa shape index (κ1) is 12.4. The van der Waals surface area contributed by atoms with E-state index >= 15 is 0 Å². The third-order valence-corrected chi connectivity index (χ3v) is 3.82. The number of halogens is 1. The second-order valence-corrected chi connectivity index (χ2v) is 4.81. The number of carbonyl (C=O) groups is 1. The minimum absolute atomic E-state index is 0. The number of fused-ring (bicyclic) bond motifs is 2. The molecular formula is C13H17ClN2O. The Morgan fingerprint density at radius 2 is 2.18 bits per heavy atom. The predicted octanol–water partition coefficient (Wildman–Crippen LogP) is 1.99. The number of piperidine rings is 1. The van der Waals surface area contributed by atoms with E-state index in [1.54, 1.807) is 0 Å². The molecule has 4 heteroatoms. The lowest BCUT2D eigenvalue weighted by molar-refractivity contribution is -0.121. The van der Waals surface area contributed by atoms with Gasteiger partial charge in [0.25, 0.3) is 0 Å². The summed E-state index contributed by atoms with van der Waals surface area (Å²) in [4.78, 5) is 12.2. The largest absolute Gasteiger partial charge is 0.325 e. The molecule has 0 aromatic heterocycles. The van der Waals surface area contributed by atoms with E-state index in [0.717, 1.165) is 31.6 Å². The van der Waals surface area contributed by atoms with Crippen LogP contribution < -0.4 is 10.6 Å². The van der Waals surface area contributed by atoms with Crippen LogP contribution in [-0.4, -0.2) is 19.0 Å². The predicted molar refractivity (Wildman–Crippen MR) is 70.8 cm³/mol. The van der Waals surface area contributed by atoms with Crippen LogP contribution in [0.5, 0.6) is 0 Å². The van der Waals surface area contributed by atoms with Crippen molar-refractivity contribution in [3.63, 3.8) is 0 Å². The lowest BCUT2D eigenvalue weighted by Gasteiger charge is -2.33. The maximum atomic E-state index is 12.2. The fraction of sp³-hybridized carbons (Fsp3) is 0.462. The van der Waals surface area contributed by atoms with E-state index in [0.29, 0.717) is 0 Å². The van der Waals surface area contributed by atoms with Gasteiger partial charge in [-0.15, -0.1) is 12.4 Å². The first-order valence-electron chi connectivity index (χ1n) is 5.86. The van der Waals surface area contributed by atoms with Gasteiger partial charge in [0.15, 0.2) is 0 Å². The Balaban J connectivity index is 0.00000108. The van der Waals surface area contributed by atoms with Crippen molar-refractivity contribution in [1.82, 2.24) is 5.32 Å². The van der Waals surface area contributed by atoms with Crippen LogP contribution in [-0.2, 0) is 10.2 Å². The number of benzene rings is 1. The van der Waals surface area contributed by atoms with E-state index in [1.165, 1.54) is 11.1 Å². The molecule has 1 spiro atoms. The standard InChI is InChI=1S/C13H16N2O.ClH/c1-9-4-2-5-10-11(9)13(12(16)15-10)6-3-7-14-8-13;/h2,4-5,14H,3,6-8H2,1H3,(H,15,16);1H. The van der Waals surface area contributed by atoms with Crippen LogP contribution in [0.1, 0.15) is 24.0 Å². The van der Waals surface area contributed by atoms with Gasteiger partial charge in [-0.3, -0.25) is 4.79 Å². The molecule has 2 heterocycles. The molecule has 2 N–H and O–H groups in total. The number of rotatable bonds is 0. The number of anilines is 1. The number of nitrogens with one attached hydrogen (secondary N) is 2. The van der Waals surface area contributed by atoms with E-state index < -0.39 is 0 Å². The van der Waals surface area contributed by atoms with Gasteiger partial charge in [0.05, 0.1) is 5.41 Å².